The van der Waals surface area contributed by atoms with Crippen LogP contribution in [-0.2, 0) is 11.3 Å². The average molecular weight is 275 g/mol. The van der Waals surface area contributed by atoms with E-state index in [-0.39, 0.29) is 5.91 Å². The number of nitrogen functional groups attached to an aromatic ring is 1. The number of rotatable bonds is 3. The molecule has 0 heterocycles. The lowest BCUT2D eigenvalue weighted by atomic mass is 10.2. The molecule has 0 fully saturated rings. The topological polar surface area (TPSA) is 46.3 Å². The van der Waals surface area contributed by atoms with E-state index in [0.29, 0.717) is 17.3 Å². The van der Waals surface area contributed by atoms with Gasteiger partial charge in [-0.1, -0.05) is 35.9 Å². The molecule has 0 radical (unpaired) electrons. The van der Waals surface area contributed by atoms with Crippen LogP contribution in [0.25, 0.3) is 0 Å². The molecule has 0 saturated heterocycles. The van der Waals surface area contributed by atoms with Crippen LogP contribution < -0.4 is 10.6 Å². The third-order valence-electron chi connectivity index (χ3n) is 2.85. The third kappa shape index (κ3) is 3.26. The van der Waals surface area contributed by atoms with Gasteiger partial charge in [0.25, 0.3) is 0 Å². The molecule has 4 heteroatoms. The van der Waals surface area contributed by atoms with E-state index in [9.17, 15) is 4.79 Å². The van der Waals surface area contributed by atoms with Crippen molar-refractivity contribution in [2.45, 2.75) is 13.5 Å². The normalized spacial score (nSPS) is 10.2. The molecule has 19 heavy (non-hydrogen) atoms. The highest BCUT2D eigenvalue weighted by Crippen LogP contribution is 2.23. The highest BCUT2D eigenvalue weighted by Gasteiger charge is 2.13. The van der Waals surface area contributed by atoms with Crippen LogP contribution in [0, 0.1) is 0 Å². The Hall–Kier alpha value is -2.00. The van der Waals surface area contributed by atoms with Crippen molar-refractivity contribution in [1.29, 1.82) is 0 Å². The summed E-state index contributed by atoms with van der Waals surface area (Å²) in [5.74, 6) is -0.0504. The molecule has 0 aliphatic rings. The number of nitrogens with two attached hydrogens (primary N) is 1. The van der Waals surface area contributed by atoms with Crippen LogP contribution in [0.15, 0.2) is 48.5 Å². The van der Waals surface area contributed by atoms with Crippen molar-refractivity contribution >= 4 is 28.9 Å². The molecule has 0 aliphatic heterocycles. The molecule has 0 atom stereocenters. The number of halogens is 1. The number of hydrogen-bond donors (Lipinski definition) is 1. The van der Waals surface area contributed by atoms with Gasteiger partial charge < -0.3 is 10.6 Å². The van der Waals surface area contributed by atoms with Crippen LogP contribution in [-0.4, -0.2) is 5.91 Å². The number of hydrogen-bond acceptors (Lipinski definition) is 2. The molecule has 2 aromatic rings. The lowest BCUT2D eigenvalue weighted by molar-refractivity contribution is -0.116. The second-order valence-corrected chi connectivity index (χ2v) is 4.70. The Bertz CT molecular complexity index is 598. The summed E-state index contributed by atoms with van der Waals surface area (Å²) in [7, 11) is 0. The SMILES string of the molecule is CC(=O)N(Cc1ccccc1Cl)c1cccc(N)c1. The zero-order valence-corrected chi connectivity index (χ0v) is 11.4. The van der Waals surface area contributed by atoms with Crippen molar-refractivity contribution in [3.05, 3.63) is 59.1 Å². The Kier molecular flexibility index (Phi) is 4.07. The number of nitrogens with zero attached hydrogens (tertiary/aromatic N) is 1. The summed E-state index contributed by atoms with van der Waals surface area (Å²) < 4.78 is 0. The van der Waals surface area contributed by atoms with Gasteiger partial charge in [-0.05, 0) is 29.8 Å². The standard InChI is InChI=1S/C15H15ClN2O/c1-11(19)18(14-7-4-6-13(17)9-14)10-12-5-2-3-8-15(12)16/h2-9H,10,17H2,1H3. The zero-order chi connectivity index (χ0) is 13.8. The Morgan fingerprint density at radius 3 is 2.58 bits per heavy atom. The summed E-state index contributed by atoms with van der Waals surface area (Å²) in [5, 5.41) is 0.651. The van der Waals surface area contributed by atoms with Gasteiger partial charge in [-0.3, -0.25) is 4.79 Å². The molecule has 0 spiro atoms. The van der Waals surface area contributed by atoms with E-state index in [2.05, 4.69) is 0 Å². The van der Waals surface area contributed by atoms with Gasteiger partial charge in [0.05, 0.1) is 6.54 Å². The van der Waals surface area contributed by atoms with Crippen LogP contribution in [0.3, 0.4) is 0 Å². The van der Waals surface area contributed by atoms with E-state index in [0.717, 1.165) is 11.3 Å². The summed E-state index contributed by atoms with van der Waals surface area (Å²) in [4.78, 5) is 13.5. The number of carbonyl (C=O) groups excluding carboxylic acids is 1. The maximum Gasteiger partial charge on any atom is 0.224 e. The quantitative estimate of drug-likeness (QED) is 0.871. The van der Waals surface area contributed by atoms with E-state index in [1.54, 1.807) is 17.0 Å². The van der Waals surface area contributed by atoms with Crippen LogP contribution in [0.5, 0.6) is 0 Å². The minimum absolute atomic E-state index is 0.0504. The lowest BCUT2D eigenvalue weighted by Gasteiger charge is -2.22. The highest BCUT2D eigenvalue weighted by atomic mass is 35.5. The van der Waals surface area contributed by atoms with Gasteiger partial charge in [0.15, 0.2) is 0 Å². The van der Waals surface area contributed by atoms with Gasteiger partial charge in [0.2, 0.25) is 5.91 Å². The molecule has 0 aliphatic carbocycles. The van der Waals surface area contributed by atoms with Gasteiger partial charge in [-0.15, -0.1) is 0 Å². The summed E-state index contributed by atoms with van der Waals surface area (Å²) >= 11 is 6.13. The third-order valence-corrected chi connectivity index (χ3v) is 3.22. The largest absolute Gasteiger partial charge is 0.399 e. The predicted molar refractivity (Wildman–Crippen MR) is 79.2 cm³/mol. The number of amides is 1. The minimum atomic E-state index is -0.0504. The maximum absolute atomic E-state index is 11.8. The molecule has 2 aromatic carbocycles. The first kappa shape index (κ1) is 13.4. The minimum Gasteiger partial charge on any atom is -0.399 e. The Labute approximate surface area is 117 Å². The fraction of sp³-hybridized carbons (Fsp3) is 0.133. The fourth-order valence-corrected chi connectivity index (χ4v) is 2.07. The second kappa shape index (κ2) is 5.76. The van der Waals surface area contributed by atoms with Crippen LogP contribution in [0.2, 0.25) is 5.02 Å². The van der Waals surface area contributed by atoms with Crippen molar-refractivity contribution in [2.75, 3.05) is 10.6 Å². The van der Waals surface area contributed by atoms with Gasteiger partial charge >= 0.3 is 0 Å². The molecule has 1 amide bonds. The second-order valence-electron chi connectivity index (χ2n) is 4.29. The first-order chi connectivity index (χ1) is 9.08. The molecule has 3 nitrogen and oxygen atoms in total. The summed E-state index contributed by atoms with van der Waals surface area (Å²) in [6, 6.07) is 14.7. The maximum atomic E-state index is 11.8. The van der Waals surface area contributed by atoms with Crippen LogP contribution >= 0.6 is 11.6 Å². The van der Waals surface area contributed by atoms with Gasteiger partial charge in [0.1, 0.15) is 0 Å². The van der Waals surface area contributed by atoms with Crippen molar-refractivity contribution in [3.63, 3.8) is 0 Å². The first-order valence-electron chi connectivity index (χ1n) is 5.95. The van der Waals surface area contributed by atoms with Gasteiger partial charge in [-0.25, -0.2) is 0 Å². The smallest absolute Gasteiger partial charge is 0.224 e. The molecule has 0 aromatic heterocycles. The van der Waals surface area contributed by atoms with Crippen molar-refractivity contribution in [1.82, 2.24) is 0 Å². The van der Waals surface area contributed by atoms with E-state index in [1.807, 2.05) is 36.4 Å². The monoisotopic (exact) mass is 274 g/mol. The molecule has 0 saturated carbocycles. The van der Waals surface area contributed by atoms with E-state index < -0.39 is 0 Å². The molecule has 0 bridgehead atoms. The molecule has 0 unspecified atom stereocenters. The molecule has 2 N–H and O–H groups in total. The highest BCUT2D eigenvalue weighted by molar-refractivity contribution is 6.31. The number of anilines is 2. The number of benzene rings is 2. The van der Waals surface area contributed by atoms with E-state index in [1.165, 1.54) is 6.92 Å². The van der Waals surface area contributed by atoms with Crippen LogP contribution in [0.4, 0.5) is 11.4 Å². The lowest BCUT2D eigenvalue weighted by Crippen LogP contribution is -2.27. The van der Waals surface area contributed by atoms with E-state index >= 15 is 0 Å². The molecular weight excluding hydrogens is 260 g/mol. The molecular formula is C15H15ClN2O. The van der Waals surface area contributed by atoms with Crippen LogP contribution in [0.1, 0.15) is 12.5 Å². The Morgan fingerprint density at radius 1 is 1.21 bits per heavy atom. The first-order valence-corrected chi connectivity index (χ1v) is 6.33. The Balaban J connectivity index is 2.32. The van der Waals surface area contributed by atoms with Crippen molar-refractivity contribution < 1.29 is 4.79 Å². The summed E-state index contributed by atoms with van der Waals surface area (Å²) in [5.41, 5.74) is 8.06. The summed E-state index contributed by atoms with van der Waals surface area (Å²) in [6.07, 6.45) is 0. The number of carbonyl (C=O) groups is 1. The molecule has 98 valence electrons. The van der Waals surface area contributed by atoms with Crippen molar-refractivity contribution in [3.8, 4) is 0 Å². The Morgan fingerprint density at radius 2 is 1.95 bits per heavy atom. The van der Waals surface area contributed by atoms with Crippen molar-refractivity contribution in [2.24, 2.45) is 0 Å². The van der Waals surface area contributed by atoms with Gasteiger partial charge in [-0.2, -0.15) is 0 Å². The zero-order valence-electron chi connectivity index (χ0n) is 10.6. The summed E-state index contributed by atoms with van der Waals surface area (Å²) in [6.45, 7) is 1.96. The average Bonchev–Trinajstić information content (AvgIpc) is 2.37. The predicted octanol–water partition coefficient (Wildman–Crippen LogP) is 3.48. The van der Waals surface area contributed by atoms with E-state index in [4.69, 9.17) is 17.3 Å². The molecule has 2 rings (SSSR count). The fourth-order valence-electron chi connectivity index (χ4n) is 1.87. The van der Waals surface area contributed by atoms with Gasteiger partial charge in [0, 0.05) is 23.3 Å².